The van der Waals surface area contributed by atoms with Gasteiger partial charge < -0.3 is 10.1 Å². The standard InChI is InChI=1S/C16H15N5O2/c22-14(9-15(23)16-18-20-21-19-16)12-8-13(17-10-12)7-6-11-4-2-1-3-5-11/h1-5,8-10,17,22H,6-7H2,(H,18,19,20,21)/b14-9-. The molecule has 0 atom stereocenters. The van der Waals surface area contributed by atoms with Crippen molar-refractivity contribution in [3.63, 3.8) is 0 Å². The zero-order chi connectivity index (χ0) is 16.1. The van der Waals surface area contributed by atoms with Gasteiger partial charge >= 0.3 is 0 Å². The van der Waals surface area contributed by atoms with E-state index in [0.717, 1.165) is 24.6 Å². The Morgan fingerprint density at radius 2 is 2.04 bits per heavy atom. The largest absolute Gasteiger partial charge is 0.507 e. The van der Waals surface area contributed by atoms with E-state index in [-0.39, 0.29) is 11.6 Å². The highest BCUT2D eigenvalue weighted by Gasteiger charge is 2.11. The SMILES string of the molecule is O=C(/C=C(\O)c1c[nH]c(CCc2ccccc2)c1)c1nn[nH]n1. The highest BCUT2D eigenvalue weighted by Crippen LogP contribution is 2.15. The van der Waals surface area contributed by atoms with E-state index < -0.39 is 5.78 Å². The molecule has 3 aromatic rings. The minimum absolute atomic E-state index is 0.0867. The second-order valence-corrected chi connectivity index (χ2v) is 5.03. The van der Waals surface area contributed by atoms with Gasteiger partial charge in [-0.15, -0.1) is 10.2 Å². The molecular formula is C16H15N5O2. The number of carbonyl (C=O) groups excluding carboxylic acids is 1. The number of H-pyrrole nitrogens is 2. The van der Waals surface area contributed by atoms with E-state index in [2.05, 4.69) is 37.7 Å². The van der Waals surface area contributed by atoms with Crippen LogP contribution in [0.4, 0.5) is 0 Å². The van der Waals surface area contributed by atoms with Crippen LogP contribution in [0.5, 0.6) is 0 Å². The Kier molecular flexibility index (Phi) is 4.28. The zero-order valence-corrected chi connectivity index (χ0v) is 12.2. The summed E-state index contributed by atoms with van der Waals surface area (Å²) in [6.45, 7) is 0. The first-order chi connectivity index (χ1) is 11.2. The van der Waals surface area contributed by atoms with Crippen molar-refractivity contribution in [3.05, 3.63) is 71.3 Å². The molecular weight excluding hydrogens is 294 g/mol. The second kappa shape index (κ2) is 6.69. The predicted octanol–water partition coefficient (Wildman–Crippen LogP) is 2.09. The fraction of sp³-hybridized carbons (Fsp3) is 0.125. The summed E-state index contributed by atoms with van der Waals surface area (Å²) in [5.41, 5.74) is 2.77. The Bertz CT molecular complexity index is 806. The number of nitrogens with zero attached hydrogens (tertiary/aromatic N) is 3. The van der Waals surface area contributed by atoms with Gasteiger partial charge in [-0.05, 0) is 29.7 Å². The summed E-state index contributed by atoms with van der Waals surface area (Å²) in [7, 11) is 0. The molecule has 0 aliphatic heterocycles. The third-order valence-corrected chi connectivity index (χ3v) is 3.40. The van der Waals surface area contributed by atoms with E-state index >= 15 is 0 Å². The number of aryl methyl sites for hydroxylation is 2. The number of hydrogen-bond acceptors (Lipinski definition) is 5. The number of aliphatic hydroxyl groups excluding tert-OH is 1. The van der Waals surface area contributed by atoms with Crippen LogP contribution in [0.2, 0.25) is 0 Å². The molecule has 0 aliphatic rings. The quantitative estimate of drug-likeness (QED) is 0.367. The van der Waals surface area contributed by atoms with Gasteiger partial charge in [0.1, 0.15) is 5.76 Å². The smallest absolute Gasteiger partial charge is 0.244 e. The van der Waals surface area contributed by atoms with Crippen LogP contribution >= 0.6 is 0 Å². The van der Waals surface area contributed by atoms with Crippen molar-refractivity contribution in [1.82, 2.24) is 25.6 Å². The average molecular weight is 309 g/mol. The molecule has 23 heavy (non-hydrogen) atoms. The fourth-order valence-electron chi connectivity index (χ4n) is 2.20. The second-order valence-electron chi connectivity index (χ2n) is 5.03. The molecule has 2 heterocycles. The summed E-state index contributed by atoms with van der Waals surface area (Å²) >= 11 is 0. The minimum atomic E-state index is -0.511. The van der Waals surface area contributed by atoms with Crippen LogP contribution in [0.25, 0.3) is 5.76 Å². The third-order valence-electron chi connectivity index (χ3n) is 3.40. The number of carbonyl (C=O) groups is 1. The molecule has 0 amide bonds. The summed E-state index contributed by atoms with van der Waals surface area (Å²) in [6, 6.07) is 12.0. The van der Waals surface area contributed by atoms with Gasteiger partial charge in [0.25, 0.3) is 0 Å². The lowest BCUT2D eigenvalue weighted by Crippen LogP contribution is -1.99. The Hall–Kier alpha value is -3.22. The van der Waals surface area contributed by atoms with Crippen molar-refractivity contribution in [2.24, 2.45) is 0 Å². The lowest BCUT2D eigenvalue weighted by Gasteiger charge is -1.99. The van der Waals surface area contributed by atoms with Crippen molar-refractivity contribution in [1.29, 1.82) is 0 Å². The number of allylic oxidation sites excluding steroid dienone is 1. The summed E-state index contributed by atoms with van der Waals surface area (Å²) in [6.07, 6.45) is 4.45. The van der Waals surface area contributed by atoms with Crippen LogP contribution in [0.3, 0.4) is 0 Å². The van der Waals surface area contributed by atoms with Crippen LogP contribution in [0.1, 0.15) is 27.4 Å². The number of tetrazole rings is 1. The predicted molar refractivity (Wildman–Crippen MR) is 83.8 cm³/mol. The number of nitrogens with one attached hydrogen (secondary N) is 2. The Morgan fingerprint density at radius 3 is 2.78 bits per heavy atom. The molecule has 0 radical (unpaired) electrons. The average Bonchev–Trinajstić information content (AvgIpc) is 3.25. The highest BCUT2D eigenvalue weighted by atomic mass is 16.3. The molecule has 0 fully saturated rings. The third kappa shape index (κ3) is 3.70. The zero-order valence-electron chi connectivity index (χ0n) is 12.2. The molecule has 3 N–H and O–H groups in total. The van der Waals surface area contributed by atoms with Crippen molar-refractivity contribution in [2.45, 2.75) is 12.8 Å². The van der Waals surface area contributed by atoms with Gasteiger partial charge in [-0.25, -0.2) is 0 Å². The molecule has 0 unspecified atom stereocenters. The number of aromatic nitrogens is 5. The number of aromatic amines is 2. The lowest BCUT2D eigenvalue weighted by atomic mass is 10.1. The van der Waals surface area contributed by atoms with Crippen molar-refractivity contribution in [2.75, 3.05) is 0 Å². The molecule has 0 bridgehead atoms. The van der Waals surface area contributed by atoms with Gasteiger partial charge in [0.2, 0.25) is 11.6 Å². The van der Waals surface area contributed by atoms with Crippen LogP contribution in [0, 0.1) is 0 Å². The molecule has 7 nitrogen and oxygen atoms in total. The van der Waals surface area contributed by atoms with Gasteiger partial charge in [-0.1, -0.05) is 30.3 Å². The number of hydrogen-bond donors (Lipinski definition) is 3. The first-order valence-electron chi connectivity index (χ1n) is 7.12. The van der Waals surface area contributed by atoms with Crippen LogP contribution in [0.15, 0.2) is 48.7 Å². The van der Waals surface area contributed by atoms with E-state index in [0.29, 0.717) is 5.56 Å². The van der Waals surface area contributed by atoms with Gasteiger partial charge in [0, 0.05) is 23.5 Å². The molecule has 7 heteroatoms. The minimum Gasteiger partial charge on any atom is -0.507 e. The van der Waals surface area contributed by atoms with Crippen LogP contribution < -0.4 is 0 Å². The van der Waals surface area contributed by atoms with Crippen molar-refractivity contribution in [3.8, 4) is 0 Å². The Morgan fingerprint density at radius 1 is 1.22 bits per heavy atom. The van der Waals surface area contributed by atoms with E-state index in [1.807, 2.05) is 24.3 Å². The molecule has 0 saturated heterocycles. The van der Waals surface area contributed by atoms with Gasteiger partial charge in [0.05, 0.1) is 0 Å². The van der Waals surface area contributed by atoms with E-state index in [9.17, 15) is 9.90 Å². The maximum Gasteiger partial charge on any atom is 0.244 e. The number of benzene rings is 1. The van der Waals surface area contributed by atoms with Gasteiger partial charge in [-0.3, -0.25) is 4.79 Å². The van der Waals surface area contributed by atoms with E-state index in [4.69, 9.17) is 0 Å². The van der Waals surface area contributed by atoms with E-state index in [1.54, 1.807) is 6.20 Å². The normalized spacial score (nSPS) is 11.6. The summed E-state index contributed by atoms with van der Waals surface area (Å²) < 4.78 is 0. The number of rotatable bonds is 6. The summed E-state index contributed by atoms with van der Waals surface area (Å²) in [4.78, 5) is 14.9. The maximum absolute atomic E-state index is 11.8. The first-order valence-corrected chi connectivity index (χ1v) is 7.12. The molecule has 0 saturated carbocycles. The topological polar surface area (TPSA) is 108 Å². The Labute approximate surface area is 132 Å². The number of aliphatic hydroxyl groups is 1. The Balaban J connectivity index is 1.65. The molecule has 0 aliphatic carbocycles. The first kappa shape index (κ1) is 14.7. The van der Waals surface area contributed by atoms with Crippen molar-refractivity contribution >= 4 is 11.5 Å². The number of ketones is 1. The molecule has 3 rings (SSSR count). The summed E-state index contributed by atoms with van der Waals surface area (Å²) in [5.74, 6) is -0.735. The monoisotopic (exact) mass is 309 g/mol. The van der Waals surface area contributed by atoms with Gasteiger partial charge in [0.15, 0.2) is 0 Å². The molecule has 2 aromatic heterocycles. The maximum atomic E-state index is 11.8. The molecule has 116 valence electrons. The van der Waals surface area contributed by atoms with Crippen molar-refractivity contribution < 1.29 is 9.90 Å². The van der Waals surface area contributed by atoms with Crippen LogP contribution in [-0.4, -0.2) is 36.5 Å². The van der Waals surface area contributed by atoms with Gasteiger partial charge in [-0.2, -0.15) is 5.21 Å². The van der Waals surface area contributed by atoms with E-state index in [1.165, 1.54) is 5.56 Å². The van der Waals surface area contributed by atoms with Crippen LogP contribution in [-0.2, 0) is 12.8 Å². The lowest BCUT2D eigenvalue weighted by molar-refractivity contribution is 0.103. The molecule has 1 aromatic carbocycles. The fourth-order valence-corrected chi connectivity index (χ4v) is 2.20. The molecule has 0 spiro atoms. The highest BCUT2D eigenvalue weighted by molar-refractivity contribution is 6.05. The summed E-state index contributed by atoms with van der Waals surface area (Å²) in [5, 5.41) is 22.7.